The van der Waals surface area contributed by atoms with Crippen LogP contribution < -0.4 is 5.73 Å². The number of piperidine rings is 1. The number of hydrogen-bond acceptors (Lipinski definition) is 3. The van der Waals surface area contributed by atoms with Crippen molar-refractivity contribution in [2.24, 2.45) is 5.73 Å². The van der Waals surface area contributed by atoms with Crippen molar-refractivity contribution in [3.63, 3.8) is 0 Å². The minimum Gasteiger partial charge on any atom is -0.330 e. The molecule has 0 radical (unpaired) electrons. The Hall–Kier alpha value is -1.88. The normalized spacial score (nSPS) is 22.4. The first-order valence-electron chi connectivity index (χ1n) is 9.08. The molecule has 25 heavy (non-hydrogen) atoms. The second-order valence-electron chi connectivity index (χ2n) is 8.68. The summed E-state index contributed by atoms with van der Waals surface area (Å²) in [6.07, 6.45) is 2.21. The van der Waals surface area contributed by atoms with Crippen LogP contribution in [0.25, 0.3) is 0 Å². The van der Waals surface area contributed by atoms with E-state index in [0.717, 1.165) is 12.0 Å². The second-order valence-corrected chi connectivity index (χ2v) is 8.68. The fourth-order valence-electron chi connectivity index (χ4n) is 4.81. The smallest absolute Gasteiger partial charge is 0.313 e. The lowest BCUT2D eigenvalue weighted by molar-refractivity contribution is -0.164. The Morgan fingerprint density at radius 1 is 1.00 bits per heavy atom. The largest absolute Gasteiger partial charge is 0.330 e. The first-order valence-corrected chi connectivity index (χ1v) is 9.08. The molecule has 0 unspecified atom stereocenters. The molecule has 1 fully saturated rings. The number of carbonyl (C=O) groups excluding carboxylic acids is 2. The predicted molar refractivity (Wildman–Crippen MR) is 97.8 cm³/mol. The van der Waals surface area contributed by atoms with Gasteiger partial charge in [0.2, 0.25) is 0 Å². The number of benzene rings is 1. The Bertz CT molecular complexity index is 678. The Labute approximate surface area is 150 Å². The lowest BCUT2D eigenvalue weighted by Gasteiger charge is -2.54. The molecule has 2 N–H and O–H groups in total. The Kier molecular flexibility index (Phi) is 4.40. The summed E-state index contributed by atoms with van der Waals surface area (Å²) >= 11 is 0. The second kappa shape index (κ2) is 6.13. The van der Waals surface area contributed by atoms with E-state index in [2.05, 4.69) is 6.07 Å². The molecule has 5 heteroatoms. The van der Waals surface area contributed by atoms with Crippen LogP contribution in [0.5, 0.6) is 0 Å². The molecule has 3 rings (SSSR count). The molecule has 0 spiro atoms. The minimum atomic E-state index is -0.429. The maximum atomic E-state index is 13.1. The highest BCUT2D eigenvalue weighted by atomic mass is 16.2. The summed E-state index contributed by atoms with van der Waals surface area (Å²) in [7, 11) is 0. The number of carbonyl (C=O) groups is 2. The maximum absolute atomic E-state index is 13.1. The molecule has 0 aliphatic carbocycles. The highest BCUT2D eigenvalue weighted by Crippen LogP contribution is 2.38. The van der Waals surface area contributed by atoms with E-state index >= 15 is 0 Å². The van der Waals surface area contributed by atoms with Crippen LogP contribution in [0.1, 0.15) is 51.7 Å². The van der Waals surface area contributed by atoms with Gasteiger partial charge in [0.25, 0.3) is 0 Å². The van der Waals surface area contributed by atoms with Gasteiger partial charge < -0.3 is 15.5 Å². The molecule has 1 aromatic carbocycles. The number of hydrogen-bond donors (Lipinski definition) is 1. The molecule has 2 heterocycles. The van der Waals surface area contributed by atoms with Gasteiger partial charge in [0, 0.05) is 30.2 Å². The van der Waals surface area contributed by atoms with Gasteiger partial charge in [-0.3, -0.25) is 9.59 Å². The van der Waals surface area contributed by atoms with E-state index in [1.54, 1.807) is 9.80 Å². The summed E-state index contributed by atoms with van der Waals surface area (Å²) < 4.78 is 0. The van der Waals surface area contributed by atoms with Crippen molar-refractivity contribution in [3.8, 4) is 0 Å². The molecule has 1 saturated heterocycles. The molecule has 0 bridgehead atoms. The maximum Gasteiger partial charge on any atom is 0.313 e. The molecular weight excluding hydrogens is 314 g/mol. The van der Waals surface area contributed by atoms with Gasteiger partial charge in [-0.15, -0.1) is 0 Å². The summed E-state index contributed by atoms with van der Waals surface area (Å²) in [5.74, 6) is -0.799. The van der Waals surface area contributed by atoms with E-state index in [9.17, 15) is 9.59 Å². The third-order valence-corrected chi connectivity index (χ3v) is 5.54. The number of rotatable bonds is 0. The van der Waals surface area contributed by atoms with E-state index in [0.29, 0.717) is 25.9 Å². The van der Waals surface area contributed by atoms with Crippen molar-refractivity contribution < 1.29 is 9.59 Å². The lowest BCUT2D eigenvalue weighted by Crippen LogP contribution is -2.67. The molecule has 5 nitrogen and oxygen atoms in total. The zero-order valence-electron chi connectivity index (χ0n) is 15.7. The summed E-state index contributed by atoms with van der Waals surface area (Å²) in [6, 6.07) is 8.17. The van der Waals surface area contributed by atoms with Gasteiger partial charge in [-0.05, 0) is 58.1 Å². The van der Waals surface area contributed by atoms with Gasteiger partial charge in [-0.2, -0.15) is 0 Å². The predicted octanol–water partition coefficient (Wildman–Crippen LogP) is 2.08. The summed E-state index contributed by atoms with van der Waals surface area (Å²) in [5, 5.41) is 0. The molecule has 0 atom stereocenters. The molecular formula is C20H29N3O2. The highest BCUT2D eigenvalue weighted by molar-refractivity contribution is 6.35. The quantitative estimate of drug-likeness (QED) is 0.734. The number of likely N-dealkylation sites (tertiary alicyclic amines) is 1. The Morgan fingerprint density at radius 3 is 2.16 bits per heavy atom. The molecule has 2 aliphatic heterocycles. The van der Waals surface area contributed by atoms with Gasteiger partial charge in [0.15, 0.2) is 0 Å². The number of nitrogens with two attached hydrogens (primary N) is 1. The molecule has 2 amide bonds. The van der Waals surface area contributed by atoms with Crippen LogP contribution in [0.2, 0.25) is 0 Å². The minimum absolute atomic E-state index is 0.0472. The molecule has 0 saturated carbocycles. The third kappa shape index (κ3) is 3.30. The lowest BCUT2D eigenvalue weighted by atomic mass is 9.77. The summed E-state index contributed by atoms with van der Waals surface area (Å²) in [6.45, 7) is 9.12. The van der Waals surface area contributed by atoms with Gasteiger partial charge in [0.05, 0.1) is 0 Å². The van der Waals surface area contributed by atoms with Crippen LogP contribution in [0.3, 0.4) is 0 Å². The van der Waals surface area contributed by atoms with Gasteiger partial charge >= 0.3 is 11.8 Å². The molecule has 2 aliphatic rings. The Morgan fingerprint density at radius 2 is 1.56 bits per heavy atom. The van der Waals surface area contributed by atoms with Crippen LogP contribution in [0.15, 0.2) is 24.3 Å². The molecule has 136 valence electrons. The van der Waals surface area contributed by atoms with Gasteiger partial charge in [-0.1, -0.05) is 24.3 Å². The van der Waals surface area contributed by atoms with E-state index < -0.39 is 22.9 Å². The zero-order valence-corrected chi connectivity index (χ0v) is 15.7. The first-order chi connectivity index (χ1) is 11.6. The van der Waals surface area contributed by atoms with Crippen LogP contribution in [-0.2, 0) is 22.6 Å². The van der Waals surface area contributed by atoms with Gasteiger partial charge in [-0.25, -0.2) is 0 Å². The van der Waals surface area contributed by atoms with E-state index in [4.69, 9.17) is 5.73 Å². The SMILES string of the molecule is CC1(C)CC(N)CC(C)(C)N1C(=O)C(=O)N1CCc2ccccc2C1. The molecule has 0 aromatic heterocycles. The van der Waals surface area contributed by atoms with Crippen molar-refractivity contribution >= 4 is 11.8 Å². The van der Waals surface area contributed by atoms with Crippen molar-refractivity contribution in [1.82, 2.24) is 9.80 Å². The fraction of sp³-hybridized carbons (Fsp3) is 0.600. The zero-order chi connectivity index (χ0) is 18.4. The highest BCUT2D eigenvalue weighted by Gasteiger charge is 2.49. The monoisotopic (exact) mass is 343 g/mol. The average Bonchev–Trinajstić information content (AvgIpc) is 2.50. The van der Waals surface area contributed by atoms with Crippen molar-refractivity contribution in [3.05, 3.63) is 35.4 Å². The van der Waals surface area contributed by atoms with Crippen LogP contribution >= 0.6 is 0 Å². The topological polar surface area (TPSA) is 66.6 Å². The van der Waals surface area contributed by atoms with E-state index in [-0.39, 0.29) is 6.04 Å². The van der Waals surface area contributed by atoms with Crippen LogP contribution in [0.4, 0.5) is 0 Å². The summed E-state index contributed by atoms with van der Waals surface area (Å²) in [4.78, 5) is 29.6. The molecule has 1 aromatic rings. The summed E-state index contributed by atoms with van der Waals surface area (Å²) in [5.41, 5.74) is 7.73. The van der Waals surface area contributed by atoms with Crippen molar-refractivity contribution in [1.29, 1.82) is 0 Å². The Balaban J connectivity index is 1.82. The van der Waals surface area contributed by atoms with Gasteiger partial charge in [0.1, 0.15) is 0 Å². The van der Waals surface area contributed by atoms with Crippen LogP contribution in [0, 0.1) is 0 Å². The fourth-order valence-corrected chi connectivity index (χ4v) is 4.81. The number of nitrogens with zero attached hydrogens (tertiary/aromatic N) is 2. The number of amides is 2. The third-order valence-electron chi connectivity index (χ3n) is 5.54. The van der Waals surface area contributed by atoms with E-state index in [1.807, 2.05) is 45.9 Å². The van der Waals surface area contributed by atoms with E-state index in [1.165, 1.54) is 5.56 Å². The average molecular weight is 343 g/mol. The van der Waals surface area contributed by atoms with Crippen LogP contribution in [-0.4, -0.2) is 45.3 Å². The standard InChI is InChI=1S/C20H29N3O2/c1-19(2)11-16(21)12-20(3,4)23(19)18(25)17(24)22-10-9-14-7-5-6-8-15(14)13-22/h5-8,16H,9-13,21H2,1-4H3. The van der Waals surface area contributed by atoms with Crippen molar-refractivity contribution in [2.45, 2.75) is 70.6 Å². The number of fused-ring (bicyclic) bond motifs is 1. The van der Waals surface area contributed by atoms with Crippen molar-refractivity contribution in [2.75, 3.05) is 6.54 Å². The first kappa shape index (κ1) is 17.9.